The number of ether oxygens (including phenoxy) is 1. The summed E-state index contributed by atoms with van der Waals surface area (Å²) in [5.41, 5.74) is 5.75. The van der Waals surface area contributed by atoms with E-state index in [0.717, 1.165) is 0 Å². The minimum absolute atomic E-state index is 0.184. The van der Waals surface area contributed by atoms with E-state index < -0.39 is 16.6 Å². The molecule has 84 valence electrons. The third kappa shape index (κ3) is 3.28. The molecule has 5 heteroatoms. The Balaban J connectivity index is 2.90. The number of rotatable bonds is 4. The van der Waals surface area contributed by atoms with Gasteiger partial charge in [-0.2, -0.15) is 0 Å². The molecular weight excluding hydrogens is 217 g/mol. The quantitative estimate of drug-likeness (QED) is 0.800. The van der Waals surface area contributed by atoms with Crippen molar-refractivity contribution in [1.29, 1.82) is 0 Å². The first-order chi connectivity index (χ1) is 7.04. The van der Waals surface area contributed by atoms with Crippen LogP contribution in [0.4, 0.5) is 10.1 Å². The van der Waals surface area contributed by atoms with Gasteiger partial charge < -0.3 is 10.5 Å². The van der Waals surface area contributed by atoms with Gasteiger partial charge in [0, 0.05) is 17.7 Å². The average molecular weight is 231 g/mol. The Morgan fingerprint density at radius 2 is 2.20 bits per heavy atom. The van der Waals surface area contributed by atoms with Crippen LogP contribution in [0.2, 0.25) is 0 Å². The molecule has 0 aliphatic carbocycles. The fourth-order valence-corrected chi connectivity index (χ4v) is 2.43. The third-order valence-electron chi connectivity index (χ3n) is 1.89. The predicted molar refractivity (Wildman–Crippen MR) is 58.6 cm³/mol. The fourth-order valence-electron chi connectivity index (χ4n) is 1.23. The SMILES string of the molecule is COCC(C)S(=O)c1cc(N)cc(F)c1. The Bertz CT molecular complexity index is 350. The molecule has 2 atom stereocenters. The number of hydrogen-bond acceptors (Lipinski definition) is 3. The second-order valence-corrected chi connectivity index (χ2v) is 5.15. The highest BCUT2D eigenvalue weighted by molar-refractivity contribution is 7.85. The van der Waals surface area contributed by atoms with Crippen LogP contribution in [0.5, 0.6) is 0 Å². The minimum atomic E-state index is -1.29. The fraction of sp³-hybridized carbons (Fsp3) is 0.400. The number of benzene rings is 1. The van der Waals surface area contributed by atoms with E-state index in [1.54, 1.807) is 6.92 Å². The van der Waals surface area contributed by atoms with Crippen molar-refractivity contribution >= 4 is 16.5 Å². The molecule has 0 aromatic heterocycles. The number of anilines is 1. The number of hydrogen-bond donors (Lipinski definition) is 1. The van der Waals surface area contributed by atoms with Gasteiger partial charge in [-0.15, -0.1) is 0 Å². The first-order valence-corrected chi connectivity index (χ1v) is 5.71. The standard InChI is InChI=1S/C10H14FNO2S/c1-7(6-14-2)15(13)10-4-8(11)3-9(12)5-10/h3-5,7H,6,12H2,1-2H3. The molecule has 0 heterocycles. The molecule has 0 fully saturated rings. The molecule has 1 rings (SSSR count). The maximum atomic E-state index is 13.0. The van der Waals surface area contributed by atoms with Crippen molar-refractivity contribution in [3.8, 4) is 0 Å². The van der Waals surface area contributed by atoms with Gasteiger partial charge >= 0.3 is 0 Å². The monoisotopic (exact) mass is 231 g/mol. The number of methoxy groups -OCH3 is 1. The molecule has 0 bridgehead atoms. The van der Waals surface area contributed by atoms with Crippen LogP contribution in [0, 0.1) is 5.82 Å². The van der Waals surface area contributed by atoms with E-state index in [-0.39, 0.29) is 10.9 Å². The molecular formula is C10H14FNO2S. The lowest BCUT2D eigenvalue weighted by molar-refractivity contribution is 0.201. The largest absolute Gasteiger partial charge is 0.399 e. The molecule has 1 aromatic rings. The van der Waals surface area contributed by atoms with Crippen molar-refractivity contribution in [2.45, 2.75) is 17.1 Å². The molecule has 3 nitrogen and oxygen atoms in total. The second-order valence-electron chi connectivity index (χ2n) is 3.28. The number of nitrogen functional groups attached to an aromatic ring is 1. The van der Waals surface area contributed by atoms with Crippen LogP contribution in [0.1, 0.15) is 6.92 Å². The van der Waals surface area contributed by atoms with E-state index in [2.05, 4.69) is 0 Å². The van der Waals surface area contributed by atoms with Crippen molar-refractivity contribution in [2.24, 2.45) is 0 Å². The van der Waals surface area contributed by atoms with Crippen LogP contribution in [-0.2, 0) is 15.5 Å². The number of halogens is 1. The van der Waals surface area contributed by atoms with Gasteiger partial charge in [-0.1, -0.05) is 0 Å². The molecule has 1 aromatic carbocycles. The average Bonchev–Trinajstić information content (AvgIpc) is 2.15. The van der Waals surface area contributed by atoms with Crippen molar-refractivity contribution in [2.75, 3.05) is 19.5 Å². The summed E-state index contributed by atoms with van der Waals surface area (Å²) in [5, 5.41) is -0.184. The lowest BCUT2D eigenvalue weighted by Crippen LogP contribution is -2.17. The Hall–Kier alpha value is -0.940. The van der Waals surface area contributed by atoms with Crippen LogP contribution in [0.15, 0.2) is 23.1 Å². The highest BCUT2D eigenvalue weighted by Gasteiger charge is 2.14. The molecule has 2 N–H and O–H groups in total. The van der Waals surface area contributed by atoms with Crippen LogP contribution >= 0.6 is 0 Å². The predicted octanol–water partition coefficient (Wildman–Crippen LogP) is 1.55. The zero-order chi connectivity index (χ0) is 11.4. The van der Waals surface area contributed by atoms with Crippen molar-refractivity contribution in [3.05, 3.63) is 24.0 Å². The van der Waals surface area contributed by atoms with Gasteiger partial charge in [0.05, 0.1) is 22.7 Å². The van der Waals surface area contributed by atoms with Crippen molar-refractivity contribution < 1.29 is 13.3 Å². The third-order valence-corrected chi connectivity index (χ3v) is 3.46. The Labute approximate surface area is 90.9 Å². The molecule has 15 heavy (non-hydrogen) atoms. The summed E-state index contributed by atoms with van der Waals surface area (Å²) >= 11 is 0. The van der Waals surface area contributed by atoms with E-state index in [1.807, 2.05) is 0 Å². The summed E-state index contributed by atoms with van der Waals surface area (Å²) in [5.74, 6) is -0.469. The Morgan fingerprint density at radius 3 is 2.73 bits per heavy atom. The van der Waals surface area contributed by atoms with Gasteiger partial charge in [0.1, 0.15) is 5.82 Å². The summed E-state index contributed by atoms with van der Waals surface area (Å²) in [6.07, 6.45) is 0. The van der Waals surface area contributed by atoms with E-state index in [1.165, 1.54) is 25.3 Å². The van der Waals surface area contributed by atoms with Crippen molar-refractivity contribution in [3.63, 3.8) is 0 Å². The van der Waals surface area contributed by atoms with Crippen LogP contribution < -0.4 is 5.73 Å². The van der Waals surface area contributed by atoms with Gasteiger partial charge in [0.2, 0.25) is 0 Å². The summed E-state index contributed by atoms with van der Waals surface area (Å²) in [7, 11) is 0.242. The summed E-state index contributed by atoms with van der Waals surface area (Å²) < 4.78 is 29.7. The number of nitrogens with two attached hydrogens (primary N) is 1. The van der Waals surface area contributed by atoms with E-state index >= 15 is 0 Å². The maximum Gasteiger partial charge on any atom is 0.126 e. The highest BCUT2D eigenvalue weighted by atomic mass is 32.2. The summed E-state index contributed by atoms with van der Waals surface area (Å²) in [4.78, 5) is 0.400. The van der Waals surface area contributed by atoms with Gasteiger partial charge in [-0.05, 0) is 25.1 Å². The topological polar surface area (TPSA) is 52.3 Å². The molecule has 0 saturated carbocycles. The lowest BCUT2D eigenvalue weighted by Gasteiger charge is -2.10. The first kappa shape index (κ1) is 12.1. The van der Waals surface area contributed by atoms with Gasteiger partial charge in [0.15, 0.2) is 0 Å². The van der Waals surface area contributed by atoms with Crippen LogP contribution in [0.3, 0.4) is 0 Å². The smallest absolute Gasteiger partial charge is 0.126 e. The molecule has 0 aliphatic heterocycles. The molecule has 2 unspecified atom stereocenters. The normalized spacial score (nSPS) is 14.9. The molecule has 0 spiro atoms. The molecule has 0 radical (unpaired) electrons. The molecule has 0 saturated heterocycles. The van der Waals surface area contributed by atoms with Crippen molar-refractivity contribution in [1.82, 2.24) is 0 Å². The zero-order valence-corrected chi connectivity index (χ0v) is 9.51. The molecule has 0 amide bonds. The highest BCUT2D eigenvalue weighted by Crippen LogP contribution is 2.17. The Kier molecular flexibility index (Phi) is 4.23. The van der Waals surface area contributed by atoms with Gasteiger partial charge in [-0.3, -0.25) is 4.21 Å². The van der Waals surface area contributed by atoms with Gasteiger partial charge in [0.25, 0.3) is 0 Å². The zero-order valence-electron chi connectivity index (χ0n) is 8.70. The first-order valence-electron chi connectivity index (χ1n) is 4.50. The second kappa shape index (κ2) is 5.23. The maximum absolute atomic E-state index is 13.0. The van der Waals surface area contributed by atoms with E-state index in [4.69, 9.17) is 10.5 Å². The van der Waals surface area contributed by atoms with E-state index in [9.17, 15) is 8.60 Å². The van der Waals surface area contributed by atoms with E-state index in [0.29, 0.717) is 11.5 Å². The summed E-state index contributed by atoms with van der Waals surface area (Å²) in [6, 6.07) is 3.95. The molecule has 0 aliphatic rings. The van der Waals surface area contributed by atoms with Gasteiger partial charge in [-0.25, -0.2) is 4.39 Å². The summed E-state index contributed by atoms with van der Waals surface area (Å²) in [6.45, 7) is 2.14. The lowest BCUT2D eigenvalue weighted by atomic mass is 10.3. The van der Waals surface area contributed by atoms with Crippen LogP contribution in [-0.4, -0.2) is 23.2 Å². The Morgan fingerprint density at radius 1 is 1.53 bits per heavy atom. The van der Waals surface area contributed by atoms with Crippen LogP contribution in [0.25, 0.3) is 0 Å². The minimum Gasteiger partial charge on any atom is -0.399 e.